The highest BCUT2D eigenvalue weighted by Crippen LogP contribution is 2.16. The van der Waals surface area contributed by atoms with Gasteiger partial charge in [-0.1, -0.05) is 31.9 Å². The number of carboxylic acid groups (broad SMARTS) is 1. The average molecular weight is 355 g/mol. The van der Waals surface area contributed by atoms with Gasteiger partial charge in [0.25, 0.3) is 0 Å². The Hall–Kier alpha value is -2.26. The molecule has 130 valence electrons. The first-order chi connectivity index (χ1) is 11.3. The largest absolute Gasteiger partial charge is 0.480 e. The number of rotatable bonds is 8. The number of halogens is 1. The Balaban J connectivity index is 2.24. The number of unbranched alkanes of at least 4 members (excludes halogenated alkanes) is 1. The Morgan fingerprint density at radius 1 is 1.42 bits per heavy atom. The van der Waals surface area contributed by atoms with Crippen molar-refractivity contribution in [1.82, 2.24) is 14.5 Å². The molecular weight excluding hydrogens is 337 g/mol. The van der Waals surface area contributed by atoms with Gasteiger partial charge in [0, 0.05) is 0 Å². The number of benzene rings is 1. The molecule has 0 aliphatic rings. The van der Waals surface area contributed by atoms with E-state index < -0.39 is 27.9 Å². The van der Waals surface area contributed by atoms with Crippen LogP contribution < -0.4 is 4.72 Å². The number of nitrogens with one attached hydrogen (secondary N) is 1. The third-order valence-corrected chi connectivity index (χ3v) is 4.84. The molecule has 0 fully saturated rings. The summed E-state index contributed by atoms with van der Waals surface area (Å²) < 4.78 is 41.6. The molecule has 2 N–H and O–H groups in total. The van der Waals surface area contributed by atoms with E-state index in [2.05, 4.69) is 9.82 Å². The fourth-order valence-corrected chi connectivity index (χ4v) is 3.26. The van der Waals surface area contributed by atoms with E-state index in [4.69, 9.17) is 5.11 Å². The lowest BCUT2D eigenvalue weighted by Crippen LogP contribution is -2.40. The Labute approximate surface area is 139 Å². The summed E-state index contributed by atoms with van der Waals surface area (Å²) in [4.78, 5) is 11.0. The molecule has 7 nitrogen and oxygen atoms in total. The van der Waals surface area contributed by atoms with Crippen LogP contribution in [-0.2, 0) is 14.8 Å². The minimum Gasteiger partial charge on any atom is -0.480 e. The summed E-state index contributed by atoms with van der Waals surface area (Å²) in [6.07, 6.45) is 3.70. The number of carboxylic acids is 1. The van der Waals surface area contributed by atoms with Gasteiger partial charge in [0.1, 0.15) is 22.4 Å². The zero-order valence-electron chi connectivity index (χ0n) is 13.0. The van der Waals surface area contributed by atoms with Crippen LogP contribution in [0.25, 0.3) is 5.69 Å². The van der Waals surface area contributed by atoms with Crippen molar-refractivity contribution >= 4 is 16.0 Å². The second-order valence-corrected chi connectivity index (χ2v) is 6.94. The fourth-order valence-electron chi connectivity index (χ4n) is 2.11. The first-order valence-electron chi connectivity index (χ1n) is 7.40. The maximum absolute atomic E-state index is 13.7. The van der Waals surface area contributed by atoms with Gasteiger partial charge in [0.15, 0.2) is 0 Å². The highest BCUT2D eigenvalue weighted by atomic mass is 32.2. The number of carbonyl (C=O) groups is 1. The summed E-state index contributed by atoms with van der Waals surface area (Å²) in [5.74, 6) is -1.79. The first kappa shape index (κ1) is 18.1. The number of para-hydroxylation sites is 1. The van der Waals surface area contributed by atoms with Gasteiger partial charge in [-0.15, -0.1) is 0 Å². The van der Waals surface area contributed by atoms with Gasteiger partial charge in [-0.3, -0.25) is 4.79 Å². The molecule has 24 heavy (non-hydrogen) atoms. The Kier molecular flexibility index (Phi) is 5.68. The smallest absolute Gasteiger partial charge is 0.321 e. The van der Waals surface area contributed by atoms with Gasteiger partial charge in [0.05, 0.1) is 12.4 Å². The minimum atomic E-state index is -4.07. The molecule has 0 aliphatic heterocycles. The standard InChI is InChI=1S/C15H18FN3O4S/c1-2-3-7-13(15(20)21)18-24(22,23)11-9-17-19(10-11)14-8-5-4-6-12(14)16/h4-6,8-10,13,18H,2-3,7H2,1H3,(H,20,21). The van der Waals surface area contributed by atoms with Gasteiger partial charge in [-0.05, 0) is 18.6 Å². The molecule has 0 amide bonds. The zero-order valence-corrected chi connectivity index (χ0v) is 13.8. The normalized spacial score (nSPS) is 12.9. The molecule has 1 aromatic heterocycles. The molecule has 1 unspecified atom stereocenters. The summed E-state index contributed by atoms with van der Waals surface area (Å²) in [6.45, 7) is 1.88. The summed E-state index contributed by atoms with van der Waals surface area (Å²) in [6, 6.07) is 4.57. The van der Waals surface area contributed by atoms with E-state index >= 15 is 0 Å². The van der Waals surface area contributed by atoms with Crippen LogP contribution in [0.2, 0.25) is 0 Å². The summed E-state index contributed by atoms with van der Waals surface area (Å²) >= 11 is 0. The molecule has 1 atom stereocenters. The first-order valence-corrected chi connectivity index (χ1v) is 8.88. The Morgan fingerprint density at radius 2 is 2.12 bits per heavy atom. The zero-order chi connectivity index (χ0) is 17.7. The van der Waals surface area contributed by atoms with Gasteiger partial charge >= 0.3 is 5.97 Å². The number of hydrogen-bond acceptors (Lipinski definition) is 4. The van der Waals surface area contributed by atoms with Crippen LogP contribution in [0.3, 0.4) is 0 Å². The van der Waals surface area contributed by atoms with Crippen LogP contribution in [0.4, 0.5) is 4.39 Å². The Bertz CT molecular complexity index is 820. The topological polar surface area (TPSA) is 101 Å². The maximum atomic E-state index is 13.7. The third-order valence-electron chi connectivity index (χ3n) is 3.41. The molecule has 0 radical (unpaired) electrons. The molecule has 2 aromatic rings. The molecule has 0 bridgehead atoms. The average Bonchev–Trinajstić information content (AvgIpc) is 3.02. The Morgan fingerprint density at radius 3 is 2.75 bits per heavy atom. The van der Waals surface area contributed by atoms with Gasteiger partial charge in [0.2, 0.25) is 10.0 Å². The number of nitrogens with zero attached hydrogens (tertiary/aromatic N) is 2. The van der Waals surface area contributed by atoms with Crippen molar-refractivity contribution in [3.63, 3.8) is 0 Å². The van der Waals surface area contributed by atoms with Gasteiger partial charge < -0.3 is 5.11 Å². The van der Waals surface area contributed by atoms with E-state index in [1.807, 2.05) is 6.92 Å². The number of aromatic nitrogens is 2. The van der Waals surface area contributed by atoms with E-state index in [0.717, 1.165) is 23.5 Å². The second kappa shape index (κ2) is 7.54. The number of aliphatic carboxylic acids is 1. The highest BCUT2D eigenvalue weighted by Gasteiger charge is 2.26. The second-order valence-electron chi connectivity index (χ2n) is 5.23. The van der Waals surface area contributed by atoms with Crippen molar-refractivity contribution in [2.45, 2.75) is 37.1 Å². The molecule has 0 spiro atoms. The molecule has 0 saturated heterocycles. The van der Waals surface area contributed by atoms with Crippen molar-refractivity contribution in [2.75, 3.05) is 0 Å². The quantitative estimate of drug-likeness (QED) is 0.753. The van der Waals surface area contributed by atoms with Crippen LogP contribution in [0.15, 0.2) is 41.6 Å². The van der Waals surface area contributed by atoms with Crippen LogP contribution in [0.1, 0.15) is 26.2 Å². The van der Waals surface area contributed by atoms with Crippen LogP contribution in [0, 0.1) is 5.82 Å². The van der Waals surface area contributed by atoms with Crippen molar-refractivity contribution in [3.8, 4) is 5.69 Å². The van der Waals surface area contributed by atoms with Crippen LogP contribution in [0.5, 0.6) is 0 Å². The van der Waals surface area contributed by atoms with E-state index in [1.54, 1.807) is 6.07 Å². The molecule has 0 saturated carbocycles. The predicted octanol–water partition coefficient (Wildman–Crippen LogP) is 1.93. The molecule has 1 heterocycles. The monoisotopic (exact) mass is 355 g/mol. The lowest BCUT2D eigenvalue weighted by molar-refractivity contribution is -0.139. The van der Waals surface area contributed by atoms with Gasteiger partial charge in [-0.2, -0.15) is 9.82 Å². The van der Waals surface area contributed by atoms with Crippen molar-refractivity contribution in [1.29, 1.82) is 0 Å². The number of hydrogen-bond donors (Lipinski definition) is 2. The van der Waals surface area contributed by atoms with Crippen LogP contribution >= 0.6 is 0 Å². The summed E-state index contributed by atoms with van der Waals surface area (Å²) in [7, 11) is -4.07. The van der Waals surface area contributed by atoms with Crippen LogP contribution in [-0.4, -0.2) is 35.3 Å². The summed E-state index contributed by atoms with van der Waals surface area (Å²) in [5, 5.41) is 13.0. The van der Waals surface area contributed by atoms with E-state index in [9.17, 15) is 17.6 Å². The molecule has 2 rings (SSSR count). The minimum absolute atomic E-state index is 0.0970. The van der Waals surface area contributed by atoms with Crippen molar-refractivity contribution < 1.29 is 22.7 Å². The lowest BCUT2D eigenvalue weighted by Gasteiger charge is -2.13. The predicted molar refractivity (Wildman–Crippen MR) is 84.8 cm³/mol. The third kappa shape index (κ3) is 4.18. The molecule has 1 aromatic carbocycles. The summed E-state index contributed by atoms with van der Waals surface area (Å²) in [5.41, 5.74) is 0.0970. The lowest BCUT2D eigenvalue weighted by atomic mass is 10.1. The number of sulfonamides is 1. The molecular formula is C15H18FN3O4S. The van der Waals surface area contributed by atoms with Gasteiger partial charge in [-0.25, -0.2) is 17.5 Å². The van der Waals surface area contributed by atoms with Crippen molar-refractivity contribution in [3.05, 3.63) is 42.5 Å². The highest BCUT2D eigenvalue weighted by molar-refractivity contribution is 7.89. The van der Waals surface area contributed by atoms with Crippen molar-refractivity contribution in [2.24, 2.45) is 0 Å². The SMILES string of the molecule is CCCCC(NS(=O)(=O)c1cnn(-c2ccccc2F)c1)C(=O)O. The molecule has 9 heteroatoms. The van der Waals surface area contributed by atoms with E-state index in [0.29, 0.717) is 6.42 Å². The van der Waals surface area contributed by atoms with E-state index in [-0.39, 0.29) is 17.0 Å². The maximum Gasteiger partial charge on any atom is 0.321 e. The fraction of sp³-hybridized carbons (Fsp3) is 0.333. The van der Waals surface area contributed by atoms with E-state index in [1.165, 1.54) is 18.2 Å². The molecule has 0 aliphatic carbocycles.